The quantitative estimate of drug-likeness (QED) is 0.0746. The van der Waals surface area contributed by atoms with Crippen molar-refractivity contribution in [3.05, 3.63) is 48.1 Å². The third-order valence-electron chi connectivity index (χ3n) is 34.3. The Morgan fingerprint density at radius 2 is 0.321 bits per heavy atom. The van der Waals surface area contributed by atoms with Gasteiger partial charge >= 0.3 is 0 Å². The Labute approximate surface area is 683 Å². The number of hydrazine groups is 2. The summed E-state index contributed by atoms with van der Waals surface area (Å²) in [4.78, 5) is 2.06. The minimum Gasteiger partial charge on any atom is -0.656 e. The van der Waals surface area contributed by atoms with Crippen molar-refractivity contribution in [1.82, 2.24) is 26.1 Å². The van der Waals surface area contributed by atoms with Crippen LogP contribution in [0.2, 0.25) is 0 Å². The molecular weight excluding hydrogens is 1430 g/mol. The molecule has 0 amide bonds. The van der Waals surface area contributed by atoms with Crippen LogP contribution in [-0.4, -0.2) is 112 Å². The summed E-state index contributed by atoms with van der Waals surface area (Å²) in [6.45, 7) is 0. The van der Waals surface area contributed by atoms with Crippen molar-refractivity contribution < 1.29 is 39.6 Å². The summed E-state index contributed by atoms with van der Waals surface area (Å²) in [6, 6.07) is 9.19. The first kappa shape index (κ1) is 86.3. The van der Waals surface area contributed by atoms with E-state index in [4.69, 9.17) is 54.2 Å². The van der Waals surface area contributed by atoms with Gasteiger partial charge in [-0.15, -0.1) is 96.7 Å². The monoisotopic (exact) mass is 1590 g/mol. The van der Waals surface area contributed by atoms with Crippen molar-refractivity contribution in [2.75, 3.05) is 11.7 Å². The van der Waals surface area contributed by atoms with Crippen molar-refractivity contribution in [3.63, 3.8) is 0 Å². The topological polar surface area (TPSA) is 310 Å². The molecule has 19 nitrogen and oxygen atoms in total. The maximum Gasteiger partial charge on any atom is 0 e. The van der Waals surface area contributed by atoms with E-state index in [9.17, 15) is 0 Å². The van der Waals surface area contributed by atoms with Crippen molar-refractivity contribution in [3.8, 4) is 0 Å². The molecule has 10 saturated heterocycles. The first-order chi connectivity index (χ1) is 52.3. The molecule has 0 spiro atoms. The summed E-state index contributed by atoms with van der Waals surface area (Å²) in [5, 5.41) is 52.0. The number of fused-ring (bicyclic) bond motifs is 16. The minimum atomic E-state index is 0. The average Bonchev–Trinajstić information content (AvgIpc) is 1.62. The molecule has 18 fully saturated rings. The van der Waals surface area contributed by atoms with E-state index in [1.807, 2.05) is 11.1 Å². The van der Waals surface area contributed by atoms with Gasteiger partial charge in [-0.25, -0.2) is 20.6 Å². The van der Waals surface area contributed by atoms with Gasteiger partial charge < -0.3 is 76.6 Å². The number of aromatic nitrogens is 3. The number of rotatable bonds is 10. The third-order valence-corrected chi connectivity index (χ3v) is 34.3. The van der Waals surface area contributed by atoms with Crippen LogP contribution in [0.4, 0.5) is 0 Å². The predicted molar refractivity (Wildman–Crippen MR) is 440 cm³/mol. The van der Waals surface area contributed by atoms with Gasteiger partial charge in [0, 0.05) is 34.1 Å². The van der Waals surface area contributed by atoms with Crippen LogP contribution in [0.15, 0.2) is 0 Å². The molecule has 11 heterocycles. The molecule has 19 rings (SSSR count). The Kier molecular flexibility index (Phi) is 33.6. The zero-order chi connectivity index (χ0) is 71.7. The van der Waals surface area contributed by atoms with Crippen LogP contribution in [0.3, 0.4) is 0 Å². The second kappa shape index (κ2) is 42.4. The molecule has 16 atom stereocenters. The Morgan fingerprint density at radius 1 is 0.211 bits per heavy atom. The Morgan fingerprint density at radius 3 is 0.394 bits per heavy atom. The molecule has 12 N–H and O–H groups in total. The van der Waals surface area contributed by atoms with E-state index >= 15 is 0 Å². The van der Waals surface area contributed by atoms with Crippen LogP contribution in [0.25, 0.3) is 48.1 Å². The molecule has 1 aromatic rings. The molecular formula is C88H156Mn2N18O-10. The summed E-state index contributed by atoms with van der Waals surface area (Å²) >= 11 is 0. The summed E-state index contributed by atoms with van der Waals surface area (Å²) in [5.41, 5.74) is 6.89. The van der Waals surface area contributed by atoms with Crippen LogP contribution in [-0.2, 0) is 34.1 Å². The number of nitrogens with one attached hydrogen (secondary N) is 2. The normalized spacial score (nSPS) is 42.7. The van der Waals surface area contributed by atoms with Crippen LogP contribution in [0.1, 0.15) is 360 Å². The molecule has 18 aliphatic rings. The summed E-state index contributed by atoms with van der Waals surface area (Å²) < 4.78 is 0. The molecule has 16 unspecified atom stereocenters. The van der Waals surface area contributed by atoms with E-state index < -0.39 is 0 Å². The molecule has 8 aliphatic carbocycles. The van der Waals surface area contributed by atoms with E-state index in [0.29, 0.717) is 96.7 Å². The van der Waals surface area contributed by atoms with Gasteiger partial charge in [0.1, 0.15) is 0 Å². The number of nitrogens with zero attached hydrogens (tertiary/aromatic N) is 12. The van der Waals surface area contributed by atoms with Crippen molar-refractivity contribution in [2.24, 2.45) is 106 Å². The van der Waals surface area contributed by atoms with Gasteiger partial charge in [0.05, 0.1) is 0 Å². The molecule has 0 aromatic carbocycles. The first-order valence-electron chi connectivity index (χ1n) is 47.3. The molecule has 8 saturated carbocycles. The van der Waals surface area contributed by atoms with Crippen LogP contribution in [0, 0.1) is 94.7 Å². The van der Waals surface area contributed by atoms with Crippen LogP contribution in [0.5, 0.6) is 0 Å². The Hall–Kier alpha value is -0.521. The maximum atomic E-state index is 6.09. The minimum absolute atomic E-state index is 0. The van der Waals surface area contributed by atoms with Gasteiger partial charge in [0.15, 0.2) is 0 Å². The number of nitrogen functional groups attached to an aromatic ring is 2. The van der Waals surface area contributed by atoms with Gasteiger partial charge in [-0.05, 0) is 47.3 Å². The smallest absolute Gasteiger partial charge is 0 e. The molecule has 109 heavy (non-hydrogen) atoms. The van der Waals surface area contributed by atoms with Crippen molar-refractivity contribution in [1.29, 1.82) is 0 Å². The zero-order valence-corrected chi connectivity index (χ0v) is 70.4. The fourth-order valence-electron chi connectivity index (χ4n) is 29.9. The first-order valence-corrected chi connectivity index (χ1v) is 47.3. The Bertz CT molecular complexity index is 2100. The van der Waals surface area contributed by atoms with Gasteiger partial charge in [0.25, 0.3) is 0 Å². The molecule has 10 aliphatic heterocycles. The average molecular weight is 1590 g/mol. The largest absolute Gasteiger partial charge is 0.656 e. The van der Waals surface area contributed by atoms with E-state index in [-0.39, 0.29) is 39.6 Å². The second-order valence-corrected chi connectivity index (χ2v) is 39.8. The fourth-order valence-corrected chi connectivity index (χ4v) is 29.9. The van der Waals surface area contributed by atoms with Crippen LogP contribution < -0.4 is 39.7 Å². The molecule has 16 bridgehead atoms. The van der Waals surface area contributed by atoms with Gasteiger partial charge in [-0.3, -0.25) is 5.84 Å². The molecule has 21 heteroatoms. The maximum absolute atomic E-state index is 6.09. The fraction of sp³-hybridized carbons (Fsp3) is 1.00. The van der Waals surface area contributed by atoms with E-state index in [1.54, 1.807) is 0 Å². The van der Waals surface area contributed by atoms with Crippen LogP contribution >= 0.6 is 0 Å². The van der Waals surface area contributed by atoms with E-state index in [1.165, 1.54) is 360 Å². The summed E-state index contributed by atoms with van der Waals surface area (Å²) in [5.74, 6) is 31.6. The molecule has 1 aromatic heterocycles. The summed E-state index contributed by atoms with van der Waals surface area (Å²) in [7, 11) is 0. The zero-order valence-electron chi connectivity index (χ0n) is 68.0. The van der Waals surface area contributed by atoms with Crippen molar-refractivity contribution >= 4 is 0 Å². The van der Waals surface area contributed by atoms with Gasteiger partial charge in [-0.2, -0.15) is 0 Å². The standard InChI is InChI=1S/2C44H72N4.2Mn.H4N5.H6N5.H2O/c2*1-5-13-29(14-6-1)41-33-21-23-35(45-33)42(30-15-7-2-8-16-30)37-25-27-39(47-37)44(32-19-11-4-12-20-32)40-28-26-38(48-40)43(31-17-9-3-10-18-31)36-24-22-34(41)46-36;;;1-4-3-5(4)2;1-3-5-4-2;/h2*29-44H,1-28H2;;;1-2H2;3,5H,1-2H2;1H2/q2*-4;;;2*-1;. The number of hydrogen-bond donors (Lipinski definition) is 6. The third kappa shape index (κ3) is 20.9. The van der Waals surface area contributed by atoms with E-state index in [2.05, 4.69) is 22.4 Å². The SMILES string of the molecule is C1CCC(C2C3CCC([N-]3)C(C3CCCCC3)C3CCC([N-]3)C(C3CCCCC3)C3CCC([N-]3)C(C3CCCCC3)C3CCC2[N-]3)CC1.C1CCC(C2C3CCC([N-]3)C(C3CCCCC3)C3CCC([N-]3)C(C3CCCCC3)C3CCC([N-]3)C(C3CCCCC3)C3CCC2[N-]3)CC1.N[N-]NNN.Nn1[n-]n1N.O.[Mn].[Mn]. The Balaban J connectivity index is 0.000000166. The molecule has 2 radical (unpaired) electrons. The van der Waals surface area contributed by atoms with Crippen molar-refractivity contribution in [2.45, 2.75) is 456 Å². The number of hydrogen-bond acceptors (Lipinski definition) is 6. The molecule has 628 valence electrons. The summed E-state index contributed by atoms with van der Waals surface area (Å²) in [6.07, 6.45) is 80.0. The second-order valence-electron chi connectivity index (χ2n) is 39.8. The van der Waals surface area contributed by atoms with E-state index in [0.717, 1.165) is 104 Å². The van der Waals surface area contributed by atoms with Gasteiger partial charge in [0.2, 0.25) is 0 Å². The predicted octanol–water partition coefficient (Wildman–Crippen LogP) is 19.8. The number of nitrogens with two attached hydrogens (primary N) is 4. The van der Waals surface area contributed by atoms with Gasteiger partial charge in [-0.1, -0.05) is 407 Å².